The minimum absolute atomic E-state index is 0.116. The molecule has 19 heavy (non-hydrogen) atoms. The van der Waals surface area contributed by atoms with E-state index in [0.717, 1.165) is 32.4 Å². The lowest BCUT2D eigenvalue weighted by Gasteiger charge is -2.32. The van der Waals surface area contributed by atoms with Crippen LogP contribution in [0.1, 0.15) is 39.0 Å². The molecule has 2 N–H and O–H groups in total. The molecule has 1 saturated heterocycles. The van der Waals surface area contributed by atoms with Crippen molar-refractivity contribution in [2.75, 3.05) is 24.6 Å². The van der Waals surface area contributed by atoms with E-state index in [4.69, 9.17) is 4.42 Å². The fraction of sp³-hybridized carbons (Fsp3) is 0.846. The van der Waals surface area contributed by atoms with Crippen molar-refractivity contribution in [1.82, 2.24) is 15.5 Å². The molecule has 1 unspecified atom stereocenters. The van der Waals surface area contributed by atoms with Crippen molar-refractivity contribution in [3.05, 3.63) is 5.89 Å². The van der Waals surface area contributed by atoms with Crippen LogP contribution >= 0.6 is 0 Å². The second-order valence-corrected chi connectivity index (χ2v) is 5.53. The van der Waals surface area contributed by atoms with Crippen molar-refractivity contribution in [2.45, 2.75) is 45.7 Å². The topological polar surface area (TPSA) is 74.4 Å². The second-order valence-electron chi connectivity index (χ2n) is 5.53. The van der Waals surface area contributed by atoms with Crippen molar-refractivity contribution in [3.8, 4) is 0 Å². The first-order valence-corrected chi connectivity index (χ1v) is 7.11. The molecule has 6 nitrogen and oxygen atoms in total. The van der Waals surface area contributed by atoms with E-state index < -0.39 is 0 Å². The average molecular weight is 268 g/mol. The maximum Gasteiger partial charge on any atom is 0.318 e. The number of hydrogen-bond acceptors (Lipinski definition) is 6. The van der Waals surface area contributed by atoms with Gasteiger partial charge in [-0.2, -0.15) is 0 Å². The Morgan fingerprint density at radius 1 is 1.42 bits per heavy atom. The average Bonchev–Trinajstić information content (AvgIpc) is 2.87. The highest BCUT2D eigenvalue weighted by Gasteiger charge is 2.25. The highest BCUT2D eigenvalue weighted by molar-refractivity contribution is 5.27. The maximum atomic E-state index is 9.39. The van der Waals surface area contributed by atoms with E-state index >= 15 is 0 Å². The molecule has 0 amide bonds. The number of piperidine rings is 1. The van der Waals surface area contributed by atoms with E-state index in [9.17, 15) is 5.11 Å². The third-order valence-electron chi connectivity index (χ3n) is 3.37. The van der Waals surface area contributed by atoms with Gasteiger partial charge in [0.2, 0.25) is 5.89 Å². The fourth-order valence-electron chi connectivity index (χ4n) is 2.34. The Bertz CT molecular complexity index is 380. The summed E-state index contributed by atoms with van der Waals surface area (Å²) in [5.41, 5.74) is 0. The van der Waals surface area contributed by atoms with Crippen molar-refractivity contribution in [2.24, 2.45) is 5.92 Å². The quantitative estimate of drug-likeness (QED) is 0.806. The molecule has 1 aliphatic rings. The predicted molar refractivity (Wildman–Crippen MR) is 72.9 cm³/mol. The number of aliphatic hydroxyl groups is 1. The summed E-state index contributed by atoms with van der Waals surface area (Å²) in [4.78, 5) is 2.03. The van der Waals surface area contributed by atoms with Gasteiger partial charge in [-0.05, 0) is 31.7 Å². The summed E-state index contributed by atoms with van der Waals surface area (Å²) in [6.07, 6.45) is 3.25. The summed E-state index contributed by atoms with van der Waals surface area (Å²) in [6.45, 7) is 6.87. The van der Waals surface area contributed by atoms with Crippen LogP contribution < -0.4 is 10.2 Å². The summed E-state index contributed by atoms with van der Waals surface area (Å²) in [5.74, 6) is 1.21. The molecule has 0 aliphatic carbocycles. The molecular formula is C13H24N4O2. The van der Waals surface area contributed by atoms with E-state index in [1.807, 2.05) is 4.90 Å². The molecule has 1 aromatic rings. The van der Waals surface area contributed by atoms with Crippen molar-refractivity contribution < 1.29 is 9.52 Å². The summed E-state index contributed by atoms with van der Waals surface area (Å²) < 4.78 is 5.67. The van der Waals surface area contributed by atoms with Crippen LogP contribution in [0.4, 0.5) is 6.01 Å². The van der Waals surface area contributed by atoms with E-state index in [1.165, 1.54) is 0 Å². The predicted octanol–water partition coefficient (Wildman–Crippen LogP) is 1.17. The molecule has 1 atom stereocenters. The molecule has 0 bridgehead atoms. The molecule has 0 saturated carbocycles. The zero-order valence-electron chi connectivity index (χ0n) is 11.8. The number of aromatic nitrogens is 2. The Kier molecular flexibility index (Phi) is 5.15. The van der Waals surface area contributed by atoms with Crippen LogP contribution in [-0.2, 0) is 6.54 Å². The van der Waals surface area contributed by atoms with Gasteiger partial charge in [-0.3, -0.25) is 0 Å². The van der Waals surface area contributed by atoms with Gasteiger partial charge in [-0.25, -0.2) is 0 Å². The Morgan fingerprint density at radius 2 is 2.26 bits per heavy atom. The van der Waals surface area contributed by atoms with E-state index in [-0.39, 0.29) is 12.6 Å². The van der Waals surface area contributed by atoms with Crippen LogP contribution in [-0.4, -0.2) is 41.0 Å². The van der Waals surface area contributed by atoms with Crippen LogP contribution in [0.25, 0.3) is 0 Å². The van der Waals surface area contributed by atoms with Crippen LogP contribution in [0.2, 0.25) is 0 Å². The second kappa shape index (κ2) is 6.86. The molecule has 1 aliphatic heterocycles. The number of rotatable bonds is 6. The van der Waals surface area contributed by atoms with Gasteiger partial charge >= 0.3 is 6.01 Å². The Labute approximate surface area is 114 Å². The van der Waals surface area contributed by atoms with E-state index in [2.05, 4.69) is 29.4 Å². The van der Waals surface area contributed by atoms with Crippen LogP contribution in [0, 0.1) is 5.92 Å². The molecule has 1 fully saturated rings. The molecule has 2 heterocycles. The van der Waals surface area contributed by atoms with Gasteiger partial charge in [0.15, 0.2) is 0 Å². The van der Waals surface area contributed by atoms with E-state index in [1.54, 1.807) is 0 Å². The smallest absolute Gasteiger partial charge is 0.318 e. The molecule has 2 rings (SSSR count). The number of anilines is 1. The van der Waals surface area contributed by atoms with Crippen molar-refractivity contribution in [1.29, 1.82) is 0 Å². The lowest BCUT2D eigenvalue weighted by atomic mass is 10.0. The zero-order chi connectivity index (χ0) is 13.7. The molecule has 0 radical (unpaired) electrons. The fourth-order valence-corrected chi connectivity index (χ4v) is 2.34. The largest absolute Gasteiger partial charge is 0.407 e. The lowest BCUT2D eigenvalue weighted by molar-refractivity contribution is 0.234. The maximum absolute atomic E-state index is 9.39. The van der Waals surface area contributed by atoms with Crippen molar-refractivity contribution >= 4 is 6.01 Å². The Hall–Kier alpha value is -1.14. The molecule has 1 aromatic heterocycles. The molecule has 0 spiro atoms. The van der Waals surface area contributed by atoms with Crippen molar-refractivity contribution in [3.63, 3.8) is 0 Å². The van der Waals surface area contributed by atoms with Gasteiger partial charge in [0, 0.05) is 6.54 Å². The normalized spacial score (nSPS) is 20.2. The zero-order valence-corrected chi connectivity index (χ0v) is 11.8. The first kappa shape index (κ1) is 14.3. The Morgan fingerprint density at radius 3 is 3.00 bits per heavy atom. The third-order valence-corrected chi connectivity index (χ3v) is 3.37. The number of nitrogens with one attached hydrogen (secondary N) is 1. The van der Waals surface area contributed by atoms with Crippen LogP contribution in [0.5, 0.6) is 0 Å². The van der Waals surface area contributed by atoms with Gasteiger partial charge in [0.25, 0.3) is 0 Å². The van der Waals surface area contributed by atoms with Gasteiger partial charge < -0.3 is 19.7 Å². The summed E-state index contributed by atoms with van der Waals surface area (Å²) >= 11 is 0. The molecule has 0 aromatic carbocycles. The lowest BCUT2D eigenvalue weighted by Crippen LogP contribution is -2.42. The molecule has 108 valence electrons. The van der Waals surface area contributed by atoms with Gasteiger partial charge in [0.05, 0.1) is 19.2 Å². The number of aliphatic hydroxyl groups excluding tert-OH is 1. The van der Waals surface area contributed by atoms with E-state index in [0.29, 0.717) is 24.4 Å². The monoisotopic (exact) mass is 268 g/mol. The molecular weight excluding hydrogens is 244 g/mol. The summed E-state index contributed by atoms with van der Waals surface area (Å²) in [6, 6.07) is 0.658. The minimum atomic E-state index is 0.116. The first-order valence-electron chi connectivity index (χ1n) is 7.11. The van der Waals surface area contributed by atoms with Gasteiger partial charge in [-0.15, -0.1) is 5.10 Å². The SMILES string of the molecule is CC(C)CNCc1nnc(N2CCCCC2CO)o1. The molecule has 6 heteroatoms. The van der Waals surface area contributed by atoms with Crippen LogP contribution in [0.15, 0.2) is 4.42 Å². The van der Waals surface area contributed by atoms with Gasteiger partial charge in [-0.1, -0.05) is 18.9 Å². The summed E-state index contributed by atoms with van der Waals surface area (Å²) in [7, 11) is 0. The van der Waals surface area contributed by atoms with Gasteiger partial charge in [0.1, 0.15) is 0 Å². The van der Waals surface area contributed by atoms with Crippen LogP contribution in [0.3, 0.4) is 0 Å². The third kappa shape index (κ3) is 3.91. The summed E-state index contributed by atoms with van der Waals surface area (Å²) in [5, 5.41) is 20.8. The minimum Gasteiger partial charge on any atom is -0.407 e. The Balaban J connectivity index is 1.91. The first-order chi connectivity index (χ1) is 9.20. The highest BCUT2D eigenvalue weighted by atomic mass is 16.4. The number of nitrogens with zero attached hydrogens (tertiary/aromatic N) is 3. The highest BCUT2D eigenvalue weighted by Crippen LogP contribution is 2.23. The number of hydrogen-bond donors (Lipinski definition) is 2. The standard InChI is InChI=1S/C13H24N4O2/c1-10(2)7-14-8-12-15-16-13(19-12)17-6-4-3-5-11(17)9-18/h10-11,14,18H,3-9H2,1-2H3.